The van der Waals surface area contributed by atoms with Gasteiger partial charge in [0.2, 0.25) is 0 Å². The normalized spacial score (nSPS) is 14.7. The maximum Gasteiger partial charge on any atom is 0.261 e. The van der Waals surface area contributed by atoms with Gasteiger partial charge in [0.1, 0.15) is 0 Å². The van der Waals surface area contributed by atoms with Crippen molar-refractivity contribution >= 4 is 11.7 Å². The summed E-state index contributed by atoms with van der Waals surface area (Å²) >= 11 is 0. The molecule has 1 fully saturated rings. The zero-order chi connectivity index (χ0) is 18.7. The quantitative estimate of drug-likeness (QED) is 0.779. The van der Waals surface area contributed by atoms with E-state index in [2.05, 4.69) is 5.32 Å². The van der Waals surface area contributed by atoms with Crippen molar-refractivity contribution in [3.05, 3.63) is 69.6 Å². The fraction of sp³-hybridized carbons (Fsp3) is 0.381. The predicted molar refractivity (Wildman–Crippen MR) is 101 cm³/mol. The van der Waals surface area contributed by atoms with Gasteiger partial charge < -0.3 is 9.88 Å². The van der Waals surface area contributed by atoms with E-state index in [4.69, 9.17) is 0 Å². The van der Waals surface area contributed by atoms with Gasteiger partial charge in [0.25, 0.3) is 11.5 Å². The number of rotatable bonds is 7. The fourth-order valence-corrected chi connectivity index (χ4v) is 2.78. The topological polar surface area (TPSA) is 68.2 Å². The molecule has 1 amide bonds. The molecule has 1 aromatic heterocycles. The maximum absolute atomic E-state index is 12.9. The third-order valence-corrected chi connectivity index (χ3v) is 4.78. The summed E-state index contributed by atoms with van der Waals surface area (Å²) in [5, 5.41) is 2.92. The van der Waals surface area contributed by atoms with E-state index in [0.717, 1.165) is 18.4 Å². The first kappa shape index (κ1) is 18.1. The Morgan fingerprint density at radius 3 is 2.54 bits per heavy atom. The number of carbonyl (C=O) groups is 2. The number of amides is 1. The zero-order valence-electron chi connectivity index (χ0n) is 15.2. The molecule has 5 heteroatoms. The minimum Gasteiger partial charge on any atom is -0.349 e. The molecule has 0 saturated heterocycles. The van der Waals surface area contributed by atoms with Crippen molar-refractivity contribution in [1.82, 2.24) is 9.88 Å². The molecular formula is C21H24N2O3. The molecule has 26 heavy (non-hydrogen) atoms. The minimum absolute atomic E-state index is 0.0960. The number of nitrogens with zero attached hydrogens (tertiary/aromatic N) is 1. The first-order valence-corrected chi connectivity index (χ1v) is 9.13. The lowest BCUT2D eigenvalue weighted by Crippen LogP contribution is -2.32. The van der Waals surface area contributed by atoms with Crippen molar-refractivity contribution in [2.75, 3.05) is 0 Å². The monoisotopic (exact) mass is 352 g/mol. The van der Waals surface area contributed by atoms with Gasteiger partial charge >= 0.3 is 0 Å². The van der Waals surface area contributed by atoms with E-state index in [9.17, 15) is 14.4 Å². The molecule has 2 aromatic rings. The molecule has 1 aliphatic carbocycles. The Morgan fingerprint density at radius 1 is 1.23 bits per heavy atom. The van der Waals surface area contributed by atoms with Crippen LogP contribution in [0.5, 0.6) is 0 Å². The van der Waals surface area contributed by atoms with Gasteiger partial charge in [-0.1, -0.05) is 44.2 Å². The summed E-state index contributed by atoms with van der Waals surface area (Å²) in [7, 11) is 0. The average molecular weight is 352 g/mol. The molecule has 1 atom stereocenters. The van der Waals surface area contributed by atoms with Gasteiger partial charge in [0, 0.05) is 18.2 Å². The Hall–Kier alpha value is -2.69. The van der Waals surface area contributed by atoms with Crippen LogP contribution in [0.4, 0.5) is 0 Å². The lowest BCUT2D eigenvalue weighted by molar-refractivity contribution is 0.0925. The van der Waals surface area contributed by atoms with Crippen LogP contribution in [0, 0.1) is 5.92 Å². The van der Waals surface area contributed by atoms with E-state index in [1.807, 2.05) is 37.3 Å². The molecule has 1 saturated carbocycles. The molecule has 0 radical (unpaired) electrons. The van der Waals surface area contributed by atoms with Gasteiger partial charge in [-0.05, 0) is 30.9 Å². The molecular weight excluding hydrogens is 328 g/mol. The summed E-state index contributed by atoms with van der Waals surface area (Å²) in [5.74, 6) is -0.692. The number of aromatic nitrogens is 1. The third kappa shape index (κ3) is 4.10. The Morgan fingerprint density at radius 2 is 1.92 bits per heavy atom. The smallest absolute Gasteiger partial charge is 0.261 e. The standard InChI is InChI=1S/C21H24N2O3/c1-3-14(2)19(24)18-11-16(20(25)22-17-9-10-17)13-23(21(18)26)12-15-7-5-4-6-8-15/h4-8,11,13-14,17H,3,9-10,12H2,1-2H3,(H,22,25). The number of carbonyl (C=O) groups excluding carboxylic acids is 2. The summed E-state index contributed by atoms with van der Waals surface area (Å²) in [6.45, 7) is 4.04. The van der Waals surface area contributed by atoms with Crippen molar-refractivity contribution in [2.24, 2.45) is 5.92 Å². The molecule has 1 aromatic carbocycles. The van der Waals surface area contributed by atoms with Crippen LogP contribution in [-0.2, 0) is 6.54 Å². The van der Waals surface area contributed by atoms with Gasteiger partial charge in [-0.3, -0.25) is 14.4 Å². The summed E-state index contributed by atoms with van der Waals surface area (Å²) in [5.41, 5.74) is 1.05. The average Bonchev–Trinajstić information content (AvgIpc) is 3.46. The minimum atomic E-state index is -0.345. The molecule has 5 nitrogen and oxygen atoms in total. The molecule has 1 aliphatic rings. The molecule has 0 bridgehead atoms. The van der Waals surface area contributed by atoms with E-state index in [1.165, 1.54) is 10.6 Å². The van der Waals surface area contributed by atoms with Gasteiger partial charge in [-0.15, -0.1) is 0 Å². The number of benzene rings is 1. The highest BCUT2D eigenvalue weighted by molar-refractivity contribution is 6.01. The number of Topliss-reactive ketones (excluding diaryl/α,β-unsaturated/α-hetero) is 1. The Bertz CT molecular complexity index is 867. The summed E-state index contributed by atoms with van der Waals surface area (Å²) in [4.78, 5) is 38.0. The van der Waals surface area contributed by atoms with Crippen molar-refractivity contribution in [1.29, 1.82) is 0 Å². The highest BCUT2D eigenvalue weighted by atomic mass is 16.2. The number of nitrogens with one attached hydrogen (secondary N) is 1. The predicted octanol–water partition coefficient (Wildman–Crippen LogP) is 3.02. The lowest BCUT2D eigenvalue weighted by atomic mass is 9.97. The highest BCUT2D eigenvalue weighted by Crippen LogP contribution is 2.19. The van der Waals surface area contributed by atoms with Gasteiger partial charge in [0.15, 0.2) is 5.78 Å². The van der Waals surface area contributed by atoms with Crippen LogP contribution < -0.4 is 10.9 Å². The summed E-state index contributed by atoms with van der Waals surface area (Å²) in [6.07, 6.45) is 4.16. The Labute approximate surface area is 153 Å². The number of hydrogen-bond donors (Lipinski definition) is 1. The van der Waals surface area contributed by atoms with Gasteiger partial charge in [-0.25, -0.2) is 0 Å². The van der Waals surface area contributed by atoms with Crippen LogP contribution in [0.25, 0.3) is 0 Å². The van der Waals surface area contributed by atoms with E-state index >= 15 is 0 Å². The van der Waals surface area contributed by atoms with Crippen LogP contribution in [0.15, 0.2) is 47.4 Å². The van der Waals surface area contributed by atoms with Gasteiger partial charge in [0.05, 0.1) is 17.7 Å². The first-order chi connectivity index (χ1) is 12.5. The van der Waals surface area contributed by atoms with Crippen molar-refractivity contribution in [2.45, 2.75) is 45.7 Å². The number of pyridine rings is 1. The molecule has 1 N–H and O–H groups in total. The lowest BCUT2D eigenvalue weighted by Gasteiger charge is -2.13. The van der Waals surface area contributed by atoms with Gasteiger partial charge in [-0.2, -0.15) is 0 Å². The first-order valence-electron chi connectivity index (χ1n) is 9.13. The van der Waals surface area contributed by atoms with Crippen molar-refractivity contribution < 1.29 is 9.59 Å². The second-order valence-corrected chi connectivity index (χ2v) is 6.98. The van der Waals surface area contributed by atoms with Crippen molar-refractivity contribution in [3.63, 3.8) is 0 Å². The van der Waals surface area contributed by atoms with Crippen LogP contribution >= 0.6 is 0 Å². The van der Waals surface area contributed by atoms with E-state index in [0.29, 0.717) is 18.5 Å². The molecule has 1 unspecified atom stereocenters. The largest absolute Gasteiger partial charge is 0.349 e. The zero-order valence-corrected chi connectivity index (χ0v) is 15.2. The van der Waals surface area contributed by atoms with Crippen LogP contribution in [0.2, 0.25) is 0 Å². The number of hydrogen-bond acceptors (Lipinski definition) is 3. The molecule has 136 valence electrons. The van der Waals surface area contributed by atoms with Crippen LogP contribution in [0.1, 0.15) is 59.4 Å². The maximum atomic E-state index is 12.9. The van der Waals surface area contributed by atoms with Crippen LogP contribution in [-0.4, -0.2) is 22.3 Å². The Kier molecular flexibility index (Phi) is 5.35. The summed E-state index contributed by atoms with van der Waals surface area (Å²) < 4.78 is 1.47. The van der Waals surface area contributed by atoms with E-state index < -0.39 is 0 Å². The molecule has 0 spiro atoms. The Balaban J connectivity index is 2.01. The molecule has 3 rings (SSSR count). The molecule has 0 aliphatic heterocycles. The SMILES string of the molecule is CCC(C)C(=O)c1cc(C(=O)NC2CC2)cn(Cc2ccccc2)c1=O. The van der Waals surface area contributed by atoms with Crippen molar-refractivity contribution in [3.8, 4) is 0 Å². The second-order valence-electron chi connectivity index (χ2n) is 6.98. The fourth-order valence-electron chi connectivity index (χ4n) is 2.78. The number of ketones is 1. The summed E-state index contributed by atoms with van der Waals surface area (Å²) in [6, 6.07) is 11.2. The third-order valence-electron chi connectivity index (χ3n) is 4.78. The van der Waals surface area contributed by atoms with E-state index in [1.54, 1.807) is 13.1 Å². The molecule has 1 heterocycles. The second kappa shape index (κ2) is 7.68. The highest BCUT2D eigenvalue weighted by Gasteiger charge is 2.26. The van der Waals surface area contributed by atoms with E-state index in [-0.39, 0.29) is 34.8 Å². The van der Waals surface area contributed by atoms with Crippen LogP contribution in [0.3, 0.4) is 0 Å².